The van der Waals surface area contributed by atoms with Crippen LogP contribution in [0.15, 0.2) is 24.3 Å². The molecule has 0 unspecified atom stereocenters. The Kier molecular flexibility index (Phi) is 3.69. The molecule has 0 aliphatic carbocycles. The van der Waals surface area contributed by atoms with Crippen LogP contribution in [-0.4, -0.2) is 34.3 Å². The van der Waals surface area contributed by atoms with Gasteiger partial charge in [0.1, 0.15) is 0 Å². The molecule has 0 N–H and O–H groups in total. The third-order valence-electron chi connectivity index (χ3n) is 3.18. The second kappa shape index (κ2) is 5.28. The molecule has 1 aromatic rings. The monoisotopic (exact) mass is 277 g/mol. The van der Waals surface area contributed by atoms with Crippen molar-refractivity contribution in [3.63, 3.8) is 0 Å². The number of nitro groups is 1. The summed E-state index contributed by atoms with van der Waals surface area (Å²) in [5.74, 6) is -0.340. The van der Waals surface area contributed by atoms with E-state index in [4.69, 9.17) is 0 Å². The SMILES string of the molecule is CC(C)N1CCC(=O)N(c2cccc([N+](=O)[O-])c2)C1=O. The van der Waals surface area contributed by atoms with Crippen LogP contribution in [-0.2, 0) is 4.79 Å². The van der Waals surface area contributed by atoms with Crippen LogP contribution in [0.25, 0.3) is 0 Å². The van der Waals surface area contributed by atoms with E-state index >= 15 is 0 Å². The quantitative estimate of drug-likeness (QED) is 0.626. The molecular formula is C13H15N3O4. The average Bonchev–Trinajstić information content (AvgIpc) is 2.38. The van der Waals surface area contributed by atoms with Crippen molar-refractivity contribution in [1.82, 2.24) is 4.90 Å². The Hall–Kier alpha value is -2.44. The maximum absolute atomic E-state index is 12.3. The zero-order chi connectivity index (χ0) is 14.9. The van der Waals surface area contributed by atoms with E-state index < -0.39 is 11.0 Å². The van der Waals surface area contributed by atoms with Gasteiger partial charge in [-0.25, -0.2) is 9.69 Å². The standard InChI is InChI=1S/C13H15N3O4/c1-9(2)14-7-6-12(17)15(13(14)18)10-4-3-5-11(8-10)16(19)20/h3-5,8-9H,6-7H2,1-2H3. The van der Waals surface area contributed by atoms with Gasteiger partial charge < -0.3 is 4.90 Å². The second-order valence-corrected chi connectivity index (χ2v) is 4.83. The summed E-state index contributed by atoms with van der Waals surface area (Å²) >= 11 is 0. The number of imide groups is 1. The molecule has 0 aromatic heterocycles. The third-order valence-corrected chi connectivity index (χ3v) is 3.18. The number of nitro benzene ring substituents is 1. The molecule has 1 heterocycles. The van der Waals surface area contributed by atoms with Crippen molar-refractivity contribution in [1.29, 1.82) is 0 Å². The smallest absolute Gasteiger partial charge is 0.321 e. The van der Waals surface area contributed by atoms with E-state index in [1.54, 1.807) is 4.90 Å². The first-order valence-corrected chi connectivity index (χ1v) is 6.30. The Balaban J connectivity index is 2.38. The van der Waals surface area contributed by atoms with E-state index in [9.17, 15) is 19.7 Å². The van der Waals surface area contributed by atoms with Gasteiger partial charge in [-0.15, -0.1) is 0 Å². The summed E-state index contributed by atoms with van der Waals surface area (Å²) in [5.41, 5.74) is 0.0873. The first kappa shape index (κ1) is 14.0. The predicted molar refractivity (Wildman–Crippen MR) is 72.4 cm³/mol. The van der Waals surface area contributed by atoms with Crippen molar-refractivity contribution in [2.45, 2.75) is 26.3 Å². The molecule has 1 aliphatic rings. The van der Waals surface area contributed by atoms with Crippen LogP contribution >= 0.6 is 0 Å². The first-order valence-electron chi connectivity index (χ1n) is 6.30. The van der Waals surface area contributed by atoms with E-state index in [2.05, 4.69) is 0 Å². The molecule has 1 fully saturated rings. The fraction of sp³-hybridized carbons (Fsp3) is 0.385. The fourth-order valence-electron chi connectivity index (χ4n) is 2.14. The maximum atomic E-state index is 12.3. The van der Waals surface area contributed by atoms with Gasteiger partial charge in [0.05, 0.1) is 10.6 Å². The first-order chi connectivity index (χ1) is 9.41. The van der Waals surface area contributed by atoms with Crippen LogP contribution in [0.1, 0.15) is 20.3 Å². The zero-order valence-electron chi connectivity index (χ0n) is 11.3. The number of non-ortho nitro benzene ring substituents is 1. The molecule has 7 heteroatoms. The van der Waals surface area contributed by atoms with Crippen LogP contribution in [0, 0.1) is 10.1 Å². The number of carbonyl (C=O) groups is 2. The molecule has 0 spiro atoms. The van der Waals surface area contributed by atoms with Crippen LogP contribution in [0.2, 0.25) is 0 Å². The van der Waals surface area contributed by atoms with Crippen molar-refractivity contribution in [2.24, 2.45) is 0 Å². The number of nitrogens with zero attached hydrogens (tertiary/aromatic N) is 3. The highest BCUT2D eigenvalue weighted by molar-refractivity contribution is 6.15. The third kappa shape index (κ3) is 2.47. The lowest BCUT2D eigenvalue weighted by Gasteiger charge is -2.36. The van der Waals surface area contributed by atoms with Crippen molar-refractivity contribution in [3.05, 3.63) is 34.4 Å². The largest absolute Gasteiger partial charge is 0.331 e. The highest BCUT2D eigenvalue weighted by Gasteiger charge is 2.34. The maximum Gasteiger partial charge on any atom is 0.331 e. The predicted octanol–water partition coefficient (Wildman–Crippen LogP) is 2.16. The summed E-state index contributed by atoms with van der Waals surface area (Å²) < 4.78 is 0. The van der Waals surface area contributed by atoms with E-state index in [-0.39, 0.29) is 29.7 Å². The molecule has 2 rings (SSSR count). The molecule has 7 nitrogen and oxygen atoms in total. The Morgan fingerprint density at radius 1 is 1.30 bits per heavy atom. The number of carbonyl (C=O) groups excluding carboxylic acids is 2. The molecule has 20 heavy (non-hydrogen) atoms. The van der Waals surface area contributed by atoms with Gasteiger partial charge in [0.15, 0.2) is 0 Å². The zero-order valence-corrected chi connectivity index (χ0v) is 11.3. The highest BCUT2D eigenvalue weighted by Crippen LogP contribution is 2.25. The Labute approximate surface area is 115 Å². The molecule has 0 atom stereocenters. The van der Waals surface area contributed by atoms with Crippen molar-refractivity contribution in [3.8, 4) is 0 Å². The minimum absolute atomic E-state index is 0.0307. The van der Waals surface area contributed by atoms with Gasteiger partial charge in [-0.05, 0) is 19.9 Å². The van der Waals surface area contributed by atoms with Gasteiger partial charge in [0.2, 0.25) is 5.91 Å². The second-order valence-electron chi connectivity index (χ2n) is 4.83. The molecule has 0 bridgehead atoms. The molecular weight excluding hydrogens is 262 g/mol. The van der Waals surface area contributed by atoms with Crippen LogP contribution in [0.5, 0.6) is 0 Å². The van der Waals surface area contributed by atoms with Gasteiger partial charge in [0, 0.05) is 31.1 Å². The van der Waals surface area contributed by atoms with Crippen LogP contribution < -0.4 is 4.90 Å². The van der Waals surface area contributed by atoms with E-state index in [0.717, 1.165) is 4.90 Å². The van der Waals surface area contributed by atoms with Crippen molar-refractivity contribution < 1.29 is 14.5 Å². The van der Waals surface area contributed by atoms with Gasteiger partial charge in [-0.1, -0.05) is 6.07 Å². The lowest BCUT2D eigenvalue weighted by molar-refractivity contribution is -0.384. The lowest BCUT2D eigenvalue weighted by atomic mass is 10.2. The summed E-state index contributed by atoms with van der Waals surface area (Å²) in [6.45, 7) is 4.10. The number of amides is 3. The van der Waals surface area contributed by atoms with E-state index in [1.807, 2.05) is 13.8 Å². The summed E-state index contributed by atoms with van der Waals surface area (Å²) in [5, 5.41) is 10.8. The minimum Gasteiger partial charge on any atom is -0.321 e. The number of benzene rings is 1. The number of urea groups is 1. The Bertz CT molecular complexity index is 570. The van der Waals surface area contributed by atoms with E-state index in [0.29, 0.717) is 6.54 Å². The Morgan fingerprint density at radius 2 is 2.00 bits per heavy atom. The van der Waals surface area contributed by atoms with Crippen LogP contribution in [0.3, 0.4) is 0 Å². The molecule has 0 radical (unpaired) electrons. The fourth-order valence-corrected chi connectivity index (χ4v) is 2.14. The molecule has 106 valence electrons. The molecule has 3 amide bonds. The van der Waals surface area contributed by atoms with Crippen LogP contribution in [0.4, 0.5) is 16.2 Å². The molecule has 1 saturated heterocycles. The Morgan fingerprint density at radius 3 is 2.60 bits per heavy atom. The number of hydrogen-bond acceptors (Lipinski definition) is 4. The summed E-state index contributed by atoms with van der Waals surface area (Å²) in [4.78, 5) is 37.1. The number of anilines is 1. The topological polar surface area (TPSA) is 83.8 Å². The average molecular weight is 277 g/mol. The molecule has 1 aromatic carbocycles. The van der Waals surface area contributed by atoms with Gasteiger partial charge in [-0.3, -0.25) is 14.9 Å². The van der Waals surface area contributed by atoms with Crippen molar-refractivity contribution in [2.75, 3.05) is 11.4 Å². The van der Waals surface area contributed by atoms with E-state index in [1.165, 1.54) is 24.3 Å². The van der Waals surface area contributed by atoms with Crippen molar-refractivity contribution >= 4 is 23.3 Å². The van der Waals surface area contributed by atoms with Gasteiger partial charge in [-0.2, -0.15) is 0 Å². The summed E-state index contributed by atoms with van der Waals surface area (Å²) in [6.07, 6.45) is 0.215. The summed E-state index contributed by atoms with van der Waals surface area (Å²) in [6, 6.07) is 5.07. The number of rotatable bonds is 3. The lowest BCUT2D eigenvalue weighted by Crippen LogP contribution is -2.54. The molecule has 1 aliphatic heterocycles. The van der Waals surface area contributed by atoms with Gasteiger partial charge in [0.25, 0.3) is 5.69 Å². The minimum atomic E-state index is -0.553. The normalized spacial score (nSPS) is 15.9. The number of hydrogen-bond donors (Lipinski definition) is 0. The molecule has 0 saturated carbocycles. The highest BCUT2D eigenvalue weighted by atomic mass is 16.6. The summed E-state index contributed by atoms with van der Waals surface area (Å²) in [7, 11) is 0. The van der Waals surface area contributed by atoms with Gasteiger partial charge >= 0.3 is 6.03 Å².